The van der Waals surface area contributed by atoms with Crippen molar-refractivity contribution in [2.45, 2.75) is 38.8 Å². The molecule has 6 nitrogen and oxygen atoms in total. The molecule has 1 unspecified atom stereocenters. The summed E-state index contributed by atoms with van der Waals surface area (Å²) < 4.78 is 29.2. The first-order valence-corrected chi connectivity index (χ1v) is 8.48. The molecule has 1 atom stereocenters. The van der Waals surface area contributed by atoms with Gasteiger partial charge >= 0.3 is 6.61 Å². The van der Waals surface area contributed by atoms with Gasteiger partial charge in [0.2, 0.25) is 0 Å². The maximum atomic E-state index is 12.6. The number of hydrogen-bond donors (Lipinski definition) is 1. The van der Waals surface area contributed by atoms with E-state index in [1.165, 1.54) is 24.3 Å². The molecule has 3 rings (SSSR count). The van der Waals surface area contributed by atoms with Crippen molar-refractivity contribution in [2.75, 3.05) is 0 Å². The maximum Gasteiger partial charge on any atom is 0.387 e. The number of carbonyl (C=O) groups is 1. The lowest BCUT2D eigenvalue weighted by Gasteiger charge is -2.27. The highest BCUT2D eigenvalue weighted by molar-refractivity contribution is 5.96. The summed E-state index contributed by atoms with van der Waals surface area (Å²) in [4.78, 5) is 23.0. The fourth-order valence-electron chi connectivity index (χ4n) is 3.37. The Balaban J connectivity index is 1.79. The predicted molar refractivity (Wildman–Crippen MR) is 94.1 cm³/mol. The fourth-order valence-corrected chi connectivity index (χ4v) is 3.37. The van der Waals surface area contributed by atoms with E-state index >= 15 is 0 Å². The molecule has 0 aromatic heterocycles. The normalized spacial score (nSPS) is 15.9. The first-order valence-electron chi connectivity index (χ1n) is 8.48. The number of benzene rings is 2. The van der Waals surface area contributed by atoms with Crippen LogP contribution in [0.15, 0.2) is 36.4 Å². The van der Waals surface area contributed by atoms with Crippen LogP contribution < -0.4 is 10.1 Å². The van der Waals surface area contributed by atoms with Gasteiger partial charge in [0.05, 0.1) is 11.0 Å². The van der Waals surface area contributed by atoms with E-state index < -0.39 is 11.5 Å². The lowest BCUT2D eigenvalue weighted by atomic mass is 9.87. The topological polar surface area (TPSA) is 81.5 Å². The molecule has 142 valence electrons. The first kappa shape index (κ1) is 18.8. The number of hydrogen-bond acceptors (Lipinski definition) is 4. The molecule has 0 spiro atoms. The lowest BCUT2D eigenvalue weighted by Crippen LogP contribution is -2.31. The summed E-state index contributed by atoms with van der Waals surface area (Å²) in [5.41, 5.74) is 2.54. The van der Waals surface area contributed by atoms with Crippen molar-refractivity contribution in [3.05, 3.63) is 68.8 Å². The predicted octanol–water partition coefficient (Wildman–Crippen LogP) is 4.31. The molecule has 1 amide bonds. The number of nitro groups is 1. The van der Waals surface area contributed by atoms with Crippen molar-refractivity contribution in [3.8, 4) is 5.75 Å². The monoisotopic (exact) mass is 376 g/mol. The van der Waals surface area contributed by atoms with Crippen LogP contribution in [0.1, 0.15) is 45.9 Å². The number of halogens is 2. The Hall–Kier alpha value is -3.03. The number of rotatable bonds is 5. The van der Waals surface area contributed by atoms with Gasteiger partial charge in [-0.1, -0.05) is 6.07 Å². The summed E-state index contributed by atoms with van der Waals surface area (Å²) in [7, 11) is 0. The van der Waals surface area contributed by atoms with Crippen molar-refractivity contribution >= 4 is 11.6 Å². The number of aryl methyl sites for hydroxylation is 2. The third-order valence-corrected chi connectivity index (χ3v) is 4.62. The summed E-state index contributed by atoms with van der Waals surface area (Å²) in [6, 6.07) is 8.58. The van der Waals surface area contributed by atoms with Crippen LogP contribution in [0.3, 0.4) is 0 Å². The molecule has 1 N–H and O–H groups in total. The van der Waals surface area contributed by atoms with E-state index in [4.69, 9.17) is 0 Å². The van der Waals surface area contributed by atoms with Gasteiger partial charge in [-0.2, -0.15) is 8.78 Å². The number of amides is 1. The number of nitro benzene ring substituents is 1. The first-order chi connectivity index (χ1) is 12.8. The Bertz CT molecular complexity index is 886. The van der Waals surface area contributed by atoms with E-state index in [0.717, 1.165) is 30.4 Å². The summed E-state index contributed by atoms with van der Waals surface area (Å²) in [5, 5.41) is 13.8. The molecular weight excluding hydrogens is 358 g/mol. The number of nitrogens with zero attached hydrogens (tertiary/aromatic N) is 1. The Morgan fingerprint density at radius 2 is 2.07 bits per heavy atom. The van der Waals surface area contributed by atoms with Crippen LogP contribution in [0.4, 0.5) is 14.5 Å². The van der Waals surface area contributed by atoms with Gasteiger partial charge in [-0.05, 0) is 61.1 Å². The Morgan fingerprint density at radius 3 is 2.74 bits per heavy atom. The molecule has 0 radical (unpaired) electrons. The van der Waals surface area contributed by atoms with Gasteiger partial charge in [-0.25, -0.2) is 0 Å². The van der Waals surface area contributed by atoms with E-state index in [1.54, 1.807) is 19.1 Å². The van der Waals surface area contributed by atoms with Gasteiger partial charge in [0, 0.05) is 17.7 Å². The smallest absolute Gasteiger partial charge is 0.387 e. The second-order valence-electron chi connectivity index (χ2n) is 6.41. The highest BCUT2D eigenvalue weighted by Gasteiger charge is 2.24. The molecule has 0 saturated heterocycles. The average molecular weight is 376 g/mol. The maximum absolute atomic E-state index is 12.6. The zero-order valence-corrected chi connectivity index (χ0v) is 14.6. The lowest BCUT2D eigenvalue weighted by molar-refractivity contribution is -0.384. The molecule has 0 aliphatic heterocycles. The number of nitrogens with one attached hydrogen (secondary N) is 1. The van der Waals surface area contributed by atoms with Crippen LogP contribution in [-0.4, -0.2) is 17.4 Å². The molecular formula is C19H18F2N2O4. The summed E-state index contributed by atoms with van der Waals surface area (Å²) in [6.07, 6.45) is 2.24. The molecule has 1 aliphatic rings. The number of alkyl halides is 2. The van der Waals surface area contributed by atoms with Crippen molar-refractivity contribution in [3.63, 3.8) is 0 Å². The van der Waals surface area contributed by atoms with Crippen molar-refractivity contribution in [1.29, 1.82) is 0 Å². The fraction of sp³-hybridized carbons (Fsp3) is 0.316. The highest BCUT2D eigenvalue weighted by atomic mass is 19.3. The van der Waals surface area contributed by atoms with Crippen LogP contribution in [-0.2, 0) is 6.42 Å². The number of ether oxygens (including phenoxy) is 1. The molecule has 8 heteroatoms. The second-order valence-corrected chi connectivity index (χ2v) is 6.41. The number of fused-ring (bicyclic) bond motifs is 1. The molecule has 0 heterocycles. The van der Waals surface area contributed by atoms with E-state index in [9.17, 15) is 23.7 Å². The quantitative estimate of drug-likeness (QED) is 0.623. The minimum absolute atomic E-state index is 0.0707. The zero-order valence-electron chi connectivity index (χ0n) is 14.6. The van der Waals surface area contributed by atoms with Crippen LogP contribution in [0.25, 0.3) is 0 Å². The van der Waals surface area contributed by atoms with Crippen LogP contribution in [0.5, 0.6) is 5.75 Å². The van der Waals surface area contributed by atoms with Gasteiger partial charge in [0.1, 0.15) is 5.75 Å². The Morgan fingerprint density at radius 1 is 1.30 bits per heavy atom. The SMILES string of the molecule is Cc1cc([N+](=O)[O-])ccc1C(=O)NC1CCCc2cc(OC(F)F)ccc21. The standard InChI is InChI=1S/C19H18F2N2O4/c1-11-9-13(23(25)26)5-7-15(11)18(24)22-17-4-2-3-12-10-14(27-19(20)21)6-8-16(12)17/h5-10,17,19H,2-4H2,1H3,(H,22,24). The summed E-state index contributed by atoms with van der Waals surface area (Å²) in [5.74, 6) is -0.227. The zero-order chi connectivity index (χ0) is 19.6. The molecule has 1 aliphatic carbocycles. The molecule has 2 aromatic carbocycles. The number of non-ortho nitro benzene ring substituents is 1. The summed E-state index contributed by atoms with van der Waals surface area (Å²) >= 11 is 0. The van der Waals surface area contributed by atoms with Crippen LogP contribution in [0.2, 0.25) is 0 Å². The van der Waals surface area contributed by atoms with E-state index in [0.29, 0.717) is 11.1 Å². The van der Waals surface area contributed by atoms with Gasteiger partial charge < -0.3 is 10.1 Å². The van der Waals surface area contributed by atoms with Gasteiger partial charge in [-0.15, -0.1) is 0 Å². The van der Waals surface area contributed by atoms with E-state index in [-0.39, 0.29) is 23.4 Å². The molecule has 0 fully saturated rings. The average Bonchev–Trinajstić information content (AvgIpc) is 2.61. The minimum atomic E-state index is -2.88. The van der Waals surface area contributed by atoms with Gasteiger partial charge in [-0.3, -0.25) is 14.9 Å². The third kappa shape index (κ3) is 4.21. The number of carbonyl (C=O) groups excluding carboxylic acids is 1. The van der Waals surface area contributed by atoms with E-state index in [2.05, 4.69) is 10.1 Å². The molecule has 0 bridgehead atoms. The van der Waals surface area contributed by atoms with Crippen molar-refractivity contribution in [1.82, 2.24) is 5.32 Å². The highest BCUT2D eigenvalue weighted by Crippen LogP contribution is 2.33. The third-order valence-electron chi connectivity index (χ3n) is 4.62. The molecule has 27 heavy (non-hydrogen) atoms. The molecule has 2 aromatic rings. The van der Waals surface area contributed by atoms with Crippen LogP contribution >= 0.6 is 0 Å². The van der Waals surface area contributed by atoms with E-state index in [1.807, 2.05) is 0 Å². The van der Waals surface area contributed by atoms with Crippen LogP contribution in [0, 0.1) is 17.0 Å². The minimum Gasteiger partial charge on any atom is -0.435 e. The Labute approximate surface area is 154 Å². The van der Waals surface area contributed by atoms with Gasteiger partial charge in [0.15, 0.2) is 0 Å². The second kappa shape index (κ2) is 7.69. The van der Waals surface area contributed by atoms with Crippen molar-refractivity contribution in [2.24, 2.45) is 0 Å². The largest absolute Gasteiger partial charge is 0.435 e. The van der Waals surface area contributed by atoms with Crippen molar-refractivity contribution < 1.29 is 23.2 Å². The molecule has 0 saturated carbocycles. The Kier molecular flexibility index (Phi) is 5.34. The van der Waals surface area contributed by atoms with Gasteiger partial charge in [0.25, 0.3) is 11.6 Å². The summed E-state index contributed by atoms with van der Waals surface area (Å²) in [6.45, 7) is -1.24.